The molecular weight excluding hydrogens is 405 g/mol. The Morgan fingerprint density at radius 2 is 1.74 bits per heavy atom. The molecule has 1 unspecified atom stereocenters. The van der Waals surface area contributed by atoms with Crippen LogP contribution < -0.4 is 4.74 Å². The van der Waals surface area contributed by atoms with Crippen LogP contribution in [-0.2, 0) is 6.42 Å². The zero-order chi connectivity index (χ0) is 19.4. The van der Waals surface area contributed by atoms with Crippen LogP contribution in [0, 0.1) is 0 Å². The molecule has 1 aromatic heterocycles. The average molecular weight is 425 g/mol. The first-order valence-corrected chi connectivity index (χ1v) is 9.68. The van der Waals surface area contributed by atoms with E-state index in [2.05, 4.69) is 10.1 Å². The highest BCUT2D eigenvalue weighted by atomic mass is 35.5. The number of halogens is 3. The number of nitrogens with zero attached hydrogens (tertiary/aromatic N) is 3. The first-order chi connectivity index (χ1) is 12.8. The molecule has 0 fully saturated rings. The highest BCUT2D eigenvalue weighted by Crippen LogP contribution is 2.34. The minimum absolute atomic E-state index is 0.0646. The quantitative estimate of drug-likeness (QED) is 0.449. The third-order valence-electron chi connectivity index (χ3n) is 4.20. The Bertz CT molecular complexity index is 880. The Morgan fingerprint density at radius 1 is 1.04 bits per heavy atom. The summed E-state index contributed by atoms with van der Waals surface area (Å²) < 4.78 is 8.06. The Labute approximate surface area is 174 Å². The predicted molar refractivity (Wildman–Crippen MR) is 110 cm³/mol. The second-order valence-electron chi connectivity index (χ2n) is 7.00. The van der Waals surface area contributed by atoms with Crippen molar-refractivity contribution in [3.8, 4) is 5.75 Å². The van der Waals surface area contributed by atoms with Crippen molar-refractivity contribution >= 4 is 34.8 Å². The molecule has 27 heavy (non-hydrogen) atoms. The van der Waals surface area contributed by atoms with Crippen LogP contribution in [0.4, 0.5) is 0 Å². The van der Waals surface area contributed by atoms with E-state index in [4.69, 9.17) is 39.5 Å². The van der Waals surface area contributed by atoms with Crippen LogP contribution in [0.5, 0.6) is 5.75 Å². The molecule has 3 rings (SSSR count). The van der Waals surface area contributed by atoms with Crippen molar-refractivity contribution in [2.75, 3.05) is 0 Å². The second-order valence-corrected chi connectivity index (χ2v) is 8.28. The van der Waals surface area contributed by atoms with Gasteiger partial charge in [-0.3, -0.25) is 0 Å². The number of ether oxygens (including phenoxy) is 1. The van der Waals surface area contributed by atoms with Crippen LogP contribution in [0.25, 0.3) is 0 Å². The lowest BCUT2D eigenvalue weighted by atomic mass is 9.94. The van der Waals surface area contributed by atoms with Gasteiger partial charge in [0.25, 0.3) is 0 Å². The molecule has 0 aliphatic carbocycles. The minimum atomic E-state index is -0.486. The monoisotopic (exact) mass is 423 g/mol. The van der Waals surface area contributed by atoms with Crippen molar-refractivity contribution in [1.82, 2.24) is 14.8 Å². The standard InChI is InChI=1S/C20H20Cl3N3O/c1-20(2,27-19-8-7-16(22)10-18(19)23)11-17(26-13-24-12-25-26)9-14-3-5-15(21)6-4-14/h3-8,10,12-13,17H,9,11H2,1-2H3. The molecule has 0 radical (unpaired) electrons. The van der Waals surface area contributed by atoms with Gasteiger partial charge in [-0.2, -0.15) is 5.10 Å². The van der Waals surface area contributed by atoms with Gasteiger partial charge in [-0.05, 0) is 56.2 Å². The van der Waals surface area contributed by atoms with Crippen molar-refractivity contribution < 1.29 is 4.74 Å². The summed E-state index contributed by atoms with van der Waals surface area (Å²) in [5.74, 6) is 0.606. The van der Waals surface area contributed by atoms with E-state index in [0.29, 0.717) is 22.2 Å². The maximum Gasteiger partial charge on any atom is 0.138 e. The van der Waals surface area contributed by atoms with E-state index in [-0.39, 0.29) is 6.04 Å². The number of hydrogen-bond acceptors (Lipinski definition) is 3. The molecule has 4 nitrogen and oxygen atoms in total. The van der Waals surface area contributed by atoms with E-state index in [1.54, 1.807) is 30.9 Å². The maximum atomic E-state index is 6.27. The van der Waals surface area contributed by atoms with Crippen LogP contribution in [0.1, 0.15) is 31.9 Å². The fourth-order valence-electron chi connectivity index (χ4n) is 3.02. The molecule has 0 amide bonds. The SMILES string of the molecule is CC(C)(CC(Cc1ccc(Cl)cc1)n1cncn1)Oc1ccc(Cl)cc1Cl. The van der Waals surface area contributed by atoms with Crippen molar-refractivity contribution in [1.29, 1.82) is 0 Å². The molecule has 0 spiro atoms. The summed E-state index contributed by atoms with van der Waals surface area (Å²) in [5, 5.41) is 6.12. The molecule has 2 aromatic carbocycles. The molecule has 0 bridgehead atoms. The van der Waals surface area contributed by atoms with Crippen LogP contribution in [0.3, 0.4) is 0 Å². The van der Waals surface area contributed by atoms with E-state index < -0.39 is 5.60 Å². The molecule has 0 N–H and O–H groups in total. The summed E-state index contributed by atoms with van der Waals surface area (Å²) in [6.45, 7) is 4.06. The van der Waals surface area contributed by atoms with Crippen LogP contribution in [0.2, 0.25) is 15.1 Å². The maximum absolute atomic E-state index is 6.27. The molecule has 0 aliphatic heterocycles. The van der Waals surface area contributed by atoms with Gasteiger partial charge in [0.2, 0.25) is 0 Å². The van der Waals surface area contributed by atoms with E-state index in [0.717, 1.165) is 11.4 Å². The van der Waals surface area contributed by atoms with Gasteiger partial charge in [-0.25, -0.2) is 9.67 Å². The Kier molecular flexibility index (Phi) is 6.30. The highest BCUT2D eigenvalue weighted by Gasteiger charge is 2.28. The first-order valence-electron chi connectivity index (χ1n) is 8.55. The third kappa shape index (κ3) is 5.61. The van der Waals surface area contributed by atoms with Gasteiger partial charge in [0.1, 0.15) is 24.0 Å². The Balaban J connectivity index is 1.78. The summed E-state index contributed by atoms with van der Waals surface area (Å²) >= 11 is 18.2. The fourth-order valence-corrected chi connectivity index (χ4v) is 3.60. The lowest BCUT2D eigenvalue weighted by molar-refractivity contribution is 0.0789. The van der Waals surface area contributed by atoms with Gasteiger partial charge < -0.3 is 4.74 Å². The second kappa shape index (κ2) is 8.51. The number of benzene rings is 2. The van der Waals surface area contributed by atoms with E-state index in [1.165, 1.54) is 5.56 Å². The minimum Gasteiger partial charge on any atom is -0.486 e. The number of aromatic nitrogens is 3. The van der Waals surface area contributed by atoms with Crippen LogP contribution >= 0.6 is 34.8 Å². The zero-order valence-corrected chi connectivity index (χ0v) is 17.3. The third-order valence-corrected chi connectivity index (χ3v) is 4.99. The topological polar surface area (TPSA) is 39.9 Å². The van der Waals surface area contributed by atoms with Gasteiger partial charge >= 0.3 is 0 Å². The molecular formula is C20H20Cl3N3O. The van der Waals surface area contributed by atoms with Gasteiger partial charge in [0.05, 0.1) is 11.1 Å². The summed E-state index contributed by atoms with van der Waals surface area (Å²) in [4.78, 5) is 4.09. The fraction of sp³-hybridized carbons (Fsp3) is 0.300. The van der Waals surface area contributed by atoms with Crippen molar-refractivity contribution in [3.05, 3.63) is 75.8 Å². The lowest BCUT2D eigenvalue weighted by Gasteiger charge is -2.31. The van der Waals surface area contributed by atoms with Gasteiger partial charge in [0.15, 0.2) is 0 Å². The summed E-state index contributed by atoms with van der Waals surface area (Å²) in [6, 6.07) is 13.1. The number of hydrogen-bond donors (Lipinski definition) is 0. The summed E-state index contributed by atoms with van der Waals surface area (Å²) in [7, 11) is 0. The Morgan fingerprint density at radius 3 is 2.37 bits per heavy atom. The van der Waals surface area contributed by atoms with Gasteiger partial charge in [-0.1, -0.05) is 46.9 Å². The van der Waals surface area contributed by atoms with Crippen LogP contribution in [0.15, 0.2) is 55.1 Å². The smallest absolute Gasteiger partial charge is 0.138 e. The van der Waals surface area contributed by atoms with Gasteiger partial charge in [-0.15, -0.1) is 0 Å². The normalized spacial score (nSPS) is 12.8. The molecule has 0 aliphatic rings. The molecule has 0 saturated carbocycles. The van der Waals surface area contributed by atoms with Crippen molar-refractivity contribution in [2.45, 2.75) is 38.3 Å². The van der Waals surface area contributed by atoms with Crippen molar-refractivity contribution in [2.24, 2.45) is 0 Å². The molecule has 7 heteroatoms. The predicted octanol–water partition coefficient (Wildman–Crippen LogP) is 6.27. The molecule has 3 aromatic rings. The van der Waals surface area contributed by atoms with Crippen LogP contribution in [-0.4, -0.2) is 20.4 Å². The van der Waals surface area contributed by atoms with E-state index >= 15 is 0 Å². The lowest BCUT2D eigenvalue weighted by Crippen LogP contribution is -2.33. The van der Waals surface area contributed by atoms with E-state index in [9.17, 15) is 0 Å². The molecule has 142 valence electrons. The average Bonchev–Trinajstić information content (AvgIpc) is 3.13. The zero-order valence-electron chi connectivity index (χ0n) is 15.1. The molecule has 1 heterocycles. The van der Waals surface area contributed by atoms with Crippen molar-refractivity contribution in [3.63, 3.8) is 0 Å². The Hall–Kier alpha value is -1.75. The summed E-state index contributed by atoms with van der Waals surface area (Å²) in [5.41, 5.74) is 0.681. The van der Waals surface area contributed by atoms with E-state index in [1.807, 2.05) is 42.8 Å². The summed E-state index contributed by atoms with van der Waals surface area (Å²) in [6.07, 6.45) is 4.75. The highest BCUT2D eigenvalue weighted by molar-refractivity contribution is 6.35. The largest absolute Gasteiger partial charge is 0.486 e. The first kappa shape index (κ1) is 20.0. The van der Waals surface area contributed by atoms with Gasteiger partial charge in [0, 0.05) is 16.5 Å². The number of rotatable bonds is 7. The molecule has 1 atom stereocenters. The molecule has 0 saturated heterocycles.